The number of hydrogen-bond acceptors (Lipinski definition) is 3. The van der Waals surface area contributed by atoms with Crippen molar-refractivity contribution < 1.29 is 24.6 Å². The molecule has 1 rings (SSSR count). The van der Waals surface area contributed by atoms with Crippen LogP contribution in [0.15, 0.2) is 0 Å². The predicted molar refractivity (Wildman–Crippen MR) is 57.6 cm³/mol. The summed E-state index contributed by atoms with van der Waals surface area (Å²) in [5.74, 6) is -2.59. The number of nitrogens with one attached hydrogen (secondary N) is 1. The highest BCUT2D eigenvalue weighted by molar-refractivity contribution is 5.86. The molecule has 0 aromatic rings. The second-order valence-corrected chi connectivity index (χ2v) is 3.99. The molecule has 96 valence electrons. The topological polar surface area (TPSA) is 107 Å². The highest BCUT2D eigenvalue weighted by atomic mass is 16.4. The average molecular weight is 244 g/mol. The summed E-state index contributed by atoms with van der Waals surface area (Å²) in [4.78, 5) is 34.4. The summed E-state index contributed by atoms with van der Waals surface area (Å²) in [6, 6.07) is -1.87. The zero-order valence-electron chi connectivity index (χ0n) is 9.39. The summed E-state index contributed by atoms with van der Waals surface area (Å²) >= 11 is 0. The standard InChI is InChI=1S/C10H16N2O5/c13-8(14)6-7(9(15)16)11-10(17)12-4-2-1-3-5-12/h7H,1-6H2,(H,11,17)(H,13,14)(H,15,16). The number of carboxylic acids is 2. The van der Waals surface area contributed by atoms with Gasteiger partial charge in [0.25, 0.3) is 0 Å². The first-order valence-corrected chi connectivity index (χ1v) is 5.50. The van der Waals surface area contributed by atoms with E-state index in [4.69, 9.17) is 10.2 Å². The van der Waals surface area contributed by atoms with Crippen LogP contribution in [0.2, 0.25) is 0 Å². The lowest BCUT2D eigenvalue weighted by Crippen LogP contribution is -2.50. The molecule has 0 radical (unpaired) electrons. The van der Waals surface area contributed by atoms with Crippen molar-refractivity contribution in [3.63, 3.8) is 0 Å². The molecule has 0 aromatic carbocycles. The minimum Gasteiger partial charge on any atom is -0.481 e. The summed E-state index contributed by atoms with van der Waals surface area (Å²) in [5.41, 5.74) is 0. The van der Waals surface area contributed by atoms with Gasteiger partial charge >= 0.3 is 18.0 Å². The predicted octanol–water partition coefficient (Wildman–Crippen LogP) is 0.110. The number of urea groups is 1. The Morgan fingerprint density at radius 3 is 2.18 bits per heavy atom. The van der Waals surface area contributed by atoms with Gasteiger partial charge in [-0.05, 0) is 19.3 Å². The highest BCUT2D eigenvalue weighted by Gasteiger charge is 2.25. The molecule has 0 saturated carbocycles. The Morgan fingerprint density at radius 1 is 1.12 bits per heavy atom. The first kappa shape index (κ1) is 13.3. The Labute approximate surface area is 98.4 Å². The number of hydrogen-bond donors (Lipinski definition) is 3. The lowest BCUT2D eigenvalue weighted by molar-refractivity contribution is -0.145. The third kappa shape index (κ3) is 4.29. The Balaban J connectivity index is 2.50. The fraction of sp³-hybridized carbons (Fsp3) is 0.700. The van der Waals surface area contributed by atoms with Crippen LogP contribution in [0.4, 0.5) is 4.79 Å². The molecular formula is C10H16N2O5. The van der Waals surface area contributed by atoms with E-state index < -0.39 is 30.4 Å². The van der Waals surface area contributed by atoms with Crippen molar-refractivity contribution in [2.75, 3.05) is 13.1 Å². The molecule has 3 N–H and O–H groups in total. The highest BCUT2D eigenvalue weighted by Crippen LogP contribution is 2.09. The van der Waals surface area contributed by atoms with Crippen LogP contribution >= 0.6 is 0 Å². The lowest BCUT2D eigenvalue weighted by atomic mass is 10.1. The van der Waals surface area contributed by atoms with E-state index >= 15 is 0 Å². The van der Waals surface area contributed by atoms with Gasteiger partial charge in [-0.1, -0.05) is 0 Å². The van der Waals surface area contributed by atoms with Crippen LogP contribution in [0.25, 0.3) is 0 Å². The minimum atomic E-state index is -1.37. The van der Waals surface area contributed by atoms with Gasteiger partial charge in [-0.3, -0.25) is 4.79 Å². The van der Waals surface area contributed by atoms with Gasteiger partial charge in [0.05, 0.1) is 6.42 Å². The third-order valence-electron chi connectivity index (χ3n) is 2.62. The molecule has 0 aromatic heterocycles. The molecule has 0 spiro atoms. The van der Waals surface area contributed by atoms with E-state index in [2.05, 4.69) is 5.32 Å². The zero-order valence-corrected chi connectivity index (χ0v) is 9.39. The van der Waals surface area contributed by atoms with Crippen molar-refractivity contribution in [2.24, 2.45) is 0 Å². The number of amides is 2. The largest absolute Gasteiger partial charge is 0.481 e. The van der Waals surface area contributed by atoms with E-state index in [1.807, 2.05) is 0 Å². The van der Waals surface area contributed by atoms with Crippen LogP contribution in [-0.2, 0) is 9.59 Å². The first-order chi connectivity index (χ1) is 8.00. The Bertz CT molecular complexity index is 312. The maximum atomic E-state index is 11.7. The smallest absolute Gasteiger partial charge is 0.326 e. The van der Waals surface area contributed by atoms with Crippen molar-refractivity contribution in [1.29, 1.82) is 0 Å². The maximum absolute atomic E-state index is 11.7. The minimum absolute atomic E-state index is 0.502. The van der Waals surface area contributed by atoms with Crippen LogP contribution in [0, 0.1) is 0 Å². The maximum Gasteiger partial charge on any atom is 0.326 e. The van der Waals surface area contributed by atoms with Crippen molar-refractivity contribution in [1.82, 2.24) is 10.2 Å². The van der Waals surface area contributed by atoms with Gasteiger partial charge in [-0.2, -0.15) is 0 Å². The Morgan fingerprint density at radius 2 is 1.71 bits per heavy atom. The van der Waals surface area contributed by atoms with Crippen molar-refractivity contribution in [3.8, 4) is 0 Å². The zero-order chi connectivity index (χ0) is 12.8. The molecule has 1 unspecified atom stereocenters. The van der Waals surface area contributed by atoms with E-state index in [0.29, 0.717) is 13.1 Å². The van der Waals surface area contributed by atoms with Crippen LogP contribution in [0.3, 0.4) is 0 Å². The van der Waals surface area contributed by atoms with Gasteiger partial charge in [0.15, 0.2) is 0 Å². The molecule has 2 amide bonds. The molecule has 1 aliphatic rings. The van der Waals surface area contributed by atoms with Gasteiger partial charge in [-0.25, -0.2) is 9.59 Å². The van der Waals surface area contributed by atoms with E-state index in [0.717, 1.165) is 19.3 Å². The molecule has 1 saturated heterocycles. The van der Waals surface area contributed by atoms with E-state index in [1.165, 1.54) is 4.90 Å². The summed E-state index contributed by atoms with van der Waals surface area (Å²) in [7, 11) is 0. The number of piperidine rings is 1. The second-order valence-electron chi connectivity index (χ2n) is 3.99. The van der Waals surface area contributed by atoms with Crippen molar-refractivity contribution in [2.45, 2.75) is 31.7 Å². The van der Waals surface area contributed by atoms with E-state index in [-0.39, 0.29) is 0 Å². The number of carbonyl (C=O) groups excluding carboxylic acids is 1. The second kappa shape index (κ2) is 6.07. The van der Waals surface area contributed by atoms with Crippen LogP contribution in [0.5, 0.6) is 0 Å². The monoisotopic (exact) mass is 244 g/mol. The Kier molecular flexibility index (Phi) is 4.74. The summed E-state index contributed by atoms with van der Waals surface area (Å²) in [6.07, 6.45) is 2.23. The molecule has 7 nitrogen and oxygen atoms in total. The molecule has 1 aliphatic heterocycles. The molecule has 1 fully saturated rings. The van der Waals surface area contributed by atoms with Gasteiger partial charge in [0.2, 0.25) is 0 Å². The van der Waals surface area contributed by atoms with Crippen LogP contribution in [0.1, 0.15) is 25.7 Å². The molecule has 0 aliphatic carbocycles. The number of aliphatic carboxylic acids is 2. The lowest BCUT2D eigenvalue weighted by Gasteiger charge is -2.28. The van der Waals surface area contributed by atoms with Crippen molar-refractivity contribution >= 4 is 18.0 Å². The van der Waals surface area contributed by atoms with E-state index in [1.54, 1.807) is 0 Å². The average Bonchev–Trinajstić information content (AvgIpc) is 2.28. The molecule has 1 heterocycles. The van der Waals surface area contributed by atoms with Crippen molar-refractivity contribution in [3.05, 3.63) is 0 Å². The van der Waals surface area contributed by atoms with Crippen LogP contribution in [-0.4, -0.2) is 52.2 Å². The number of nitrogens with zero attached hydrogens (tertiary/aromatic N) is 1. The Hall–Kier alpha value is -1.79. The summed E-state index contributed by atoms with van der Waals surface area (Å²) < 4.78 is 0. The SMILES string of the molecule is O=C(O)CC(NC(=O)N1CCCCC1)C(=O)O. The van der Waals surface area contributed by atoms with Gasteiger partial charge < -0.3 is 20.4 Å². The quantitative estimate of drug-likeness (QED) is 0.650. The fourth-order valence-corrected chi connectivity index (χ4v) is 1.71. The first-order valence-electron chi connectivity index (χ1n) is 5.50. The van der Waals surface area contributed by atoms with E-state index in [9.17, 15) is 14.4 Å². The van der Waals surface area contributed by atoms with Gasteiger partial charge in [-0.15, -0.1) is 0 Å². The normalized spacial score (nSPS) is 17.3. The molecular weight excluding hydrogens is 228 g/mol. The number of carboxylic acid groups (broad SMARTS) is 2. The molecule has 1 atom stereocenters. The molecule has 17 heavy (non-hydrogen) atoms. The third-order valence-corrected chi connectivity index (χ3v) is 2.62. The number of rotatable bonds is 4. The molecule has 0 bridgehead atoms. The van der Waals surface area contributed by atoms with Gasteiger partial charge in [0.1, 0.15) is 6.04 Å². The molecule has 7 heteroatoms. The van der Waals surface area contributed by atoms with Gasteiger partial charge in [0, 0.05) is 13.1 Å². The summed E-state index contributed by atoms with van der Waals surface area (Å²) in [5, 5.41) is 19.5. The number of carbonyl (C=O) groups is 3. The summed E-state index contributed by atoms with van der Waals surface area (Å²) in [6.45, 7) is 1.18. The van der Waals surface area contributed by atoms with Crippen LogP contribution < -0.4 is 5.32 Å². The fourth-order valence-electron chi connectivity index (χ4n) is 1.71. The number of likely N-dealkylation sites (tertiary alicyclic amines) is 1.